The molecule has 5 heterocycles. The minimum atomic E-state index is 0.503. The fraction of sp³-hybridized carbons (Fsp3) is 0. The van der Waals surface area contributed by atoms with Crippen LogP contribution >= 0.6 is 0 Å². The molecule has 0 aliphatic heterocycles. The summed E-state index contributed by atoms with van der Waals surface area (Å²) in [6.07, 6.45) is 0. The molecule has 0 unspecified atom stereocenters. The number of aromatic nitrogens is 6. The summed E-state index contributed by atoms with van der Waals surface area (Å²) in [7, 11) is 0. The Morgan fingerprint density at radius 3 is 1.20 bits per heavy atom. The van der Waals surface area contributed by atoms with Crippen molar-refractivity contribution >= 4 is 65.8 Å². The zero-order chi connectivity index (χ0) is 45.4. The van der Waals surface area contributed by atoms with Crippen molar-refractivity contribution in [1.82, 2.24) is 29.9 Å². The third-order valence-electron chi connectivity index (χ3n) is 12.8. The van der Waals surface area contributed by atoms with Gasteiger partial charge in [-0.2, -0.15) is 0 Å². The first-order valence-corrected chi connectivity index (χ1v) is 22.7. The van der Waals surface area contributed by atoms with E-state index >= 15 is 0 Å². The van der Waals surface area contributed by atoms with Crippen molar-refractivity contribution in [3.8, 4) is 79.5 Å². The average molecular weight is 887 g/mol. The Bertz CT molecular complexity index is 4140. The molecule has 9 heteroatoms. The Hall–Kier alpha value is -9.60. The van der Waals surface area contributed by atoms with Gasteiger partial charge in [0.25, 0.3) is 0 Å². The second-order valence-electron chi connectivity index (χ2n) is 17.0. The Kier molecular flexibility index (Phi) is 8.68. The molecular weight excluding hydrogens is 853 g/mol. The predicted octanol–water partition coefficient (Wildman–Crippen LogP) is 15.4. The molecule has 9 aromatic carbocycles. The molecule has 0 bridgehead atoms. The smallest absolute Gasteiger partial charge is 0.164 e. The Labute approximate surface area is 393 Å². The molecule has 5 aromatic heterocycles. The van der Waals surface area contributed by atoms with E-state index in [9.17, 15) is 0 Å². The molecule has 14 rings (SSSR count). The van der Waals surface area contributed by atoms with Crippen LogP contribution in [0, 0.1) is 0 Å². The molecule has 0 saturated carbocycles. The number of hydrogen-bond acceptors (Lipinski definition) is 9. The normalized spacial score (nSPS) is 11.8. The topological polar surface area (TPSA) is 117 Å². The summed E-state index contributed by atoms with van der Waals surface area (Å²) >= 11 is 0. The van der Waals surface area contributed by atoms with Crippen molar-refractivity contribution in [2.75, 3.05) is 0 Å². The summed E-state index contributed by atoms with van der Waals surface area (Å²) in [5.41, 5.74) is 11.7. The largest absolute Gasteiger partial charge is 0.456 e. The second kappa shape index (κ2) is 15.5. The molecule has 0 amide bonds. The van der Waals surface area contributed by atoms with Gasteiger partial charge < -0.3 is 13.3 Å². The standard InChI is InChI=1S/C60H34N6O3/c1-3-13-35(14-4-1)55-61-56(36-15-5-2-6-16-36)63-57(62-55)39-18-11-17-37(31-39)38-27-30-50-47(32-38)54-46(21-12-24-51(54)67-50)60-65-58(40-25-28-44-42-19-7-9-22-48(42)68-52(44)33-40)64-59(66-60)41-26-29-45-43-20-8-10-23-49(43)69-53(45)34-41/h1-34H. The van der Waals surface area contributed by atoms with Crippen LogP contribution in [0.15, 0.2) is 220 Å². The van der Waals surface area contributed by atoms with E-state index in [1.54, 1.807) is 0 Å². The monoisotopic (exact) mass is 886 g/mol. The summed E-state index contributed by atoms with van der Waals surface area (Å²) < 4.78 is 19.2. The maximum Gasteiger partial charge on any atom is 0.164 e. The zero-order valence-corrected chi connectivity index (χ0v) is 36.5. The molecule has 0 spiro atoms. The second-order valence-corrected chi connectivity index (χ2v) is 17.0. The van der Waals surface area contributed by atoms with Crippen molar-refractivity contribution in [3.05, 3.63) is 206 Å². The van der Waals surface area contributed by atoms with Gasteiger partial charge in [0.05, 0.1) is 0 Å². The number of rotatable bonds is 7. The molecule has 322 valence electrons. The Morgan fingerprint density at radius 1 is 0.217 bits per heavy atom. The minimum Gasteiger partial charge on any atom is -0.456 e. The maximum atomic E-state index is 6.57. The van der Waals surface area contributed by atoms with Gasteiger partial charge in [0.2, 0.25) is 0 Å². The van der Waals surface area contributed by atoms with Crippen molar-refractivity contribution < 1.29 is 13.3 Å². The lowest BCUT2D eigenvalue weighted by Crippen LogP contribution is -2.00. The van der Waals surface area contributed by atoms with Crippen LogP contribution in [0.25, 0.3) is 145 Å². The van der Waals surface area contributed by atoms with Crippen LogP contribution in [0.4, 0.5) is 0 Å². The summed E-state index contributed by atoms with van der Waals surface area (Å²) in [6.45, 7) is 0. The van der Waals surface area contributed by atoms with Crippen molar-refractivity contribution in [2.24, 2.45) is 0 Å². The van der Waals surface area contributed by atoms with E-state index < -0.39 is 0 Å². The number of nitrogens with zero attached hydrogens (tertiary/aromatic N) is 6. The van der Waals surface area contributed by atoms with Crippen LogP contribution in [-0.2, 0) is 0 Å². The highest BCUT2D eigenvalue weighted by molar-refractivity contribution is 6.13. The minimum absolute atomic E-state index is 0.503. The van der Waals surface area contributed by atoms with E-state index in [4.69, 9.17) is 43.2 Å². The van der Waals surface area contributed by atoms with E-state index in [1.165, 1.54) is 0 Å². The highest BCUT2D eigenvalue weighted by Gasteiger charge is 2.21. The molecule has 9 nitrogen and oxygen atoms in total. The van der Waals surface area contributed by atoms with Crippen molar-refractivity contribution in [1.29, 1.82) is 0 Å². The van der Waals surface area contributed by atoms with Crippen LogP contribution in [0.2, 0.25) is 0 Å². The first-order chi connectivity index (χ1) is 34.1. The molecule has 69 heavy (non-hydrogen) atoms. The zero-order valence-electron chi connectivity index (χ0n) is 36.5. The summed E-state index contributed by atoms with van der Waals surface area (Å²) in [4.78, 5) is 30.5. The van der Waals surface area contributed by atoms with Crippen molar-refractivity contribution in [2.45, 2.75) is 0 Å². The van der Waals surface area contributed by atoms with Gasteiger partial charge in [0, 0.05) is 65.7 Å². The summed E-state index contributed by atoms with van der Waals surface area (Å²) in [6, 6.07) is 69.1. The van der Waals surface area contributed by atoms with E-state index in [2.05, 4.69) is 48.5 Å². The molecule has 0 saturated heterocycles. The van der Waals surface area contributed by atoms with Crippen molar-refractivity contribution in [3.63, 3.8) is 0 Å². The fourth-order valence-electron chi connectivity index (χ4n) is 9.45. The molecule has 0 aliphatic carbocycles. The molecule has 0 aliphatic rings. The van der Waals surface area contributed by atoms with E-state index in [-0.39, 0.29) is 0 Å². The summed E-state index contributed by atoms with van der Waals surface area (Å²) in [5.74, 6) is 3.32. The van der Waals surface area contributed by atoms with Crippen LogP contribution in [0.3, 0.4) is 0 Å². The van der Waals surface area contributed by atoms with E-state index in [0.717, 1.165) is 110 Å². The molecular formula is C60H34N6O3. The average Bonchev–Trinajstić information content (AvgIpc) is 4.12. The third-order valence-corrected chi connectivity index (χ3v) is 12.8. The van der Waals surface area contributed by atoms with Gasteiger partial charge in [-0.3, -0.25) is 0 Å². The molecule has 0 atom stereocenters. The van der Waals surface area contributed by atoms with E-state index in [1.807, 2.05) is 158 Å². The highest BCUT2D eigenvalue weighted by atomic mass is 16.3. The van der Waals surface area contributed by atoms with Gasteiger partial charge >= 0.3 is 0 Å². The van der Waals surface area contributed by atoms with Crippen LogP contribution < -0.4 is 0 Å². The number of furan rings is 3. The number of hydrogen-bond donors (Lipinski definition) is 0. The molecule has 0 fully saturated rings. The maximum absolute atomic E-state index is 6.57. The van der Waals surface area contributed by atoms with Crippen LogP contribution in [0.1, 0.15) is 0 Å². The number of para-hydroxylation sites is 2. The van der Waals surface area contributed by atoms with Gasteiger partial charge in [0.1, 0.15) is 33.5 Å². The molecule has 0 radical (unpaired) electrons. The number of benzene rings is 9. The Morgan fingerprint density at radius 2 is 0.609 bits per heavy atom. The quantitative estimate of drug-likeness (QED) is 0.154. The Balaban J connectivity index is 0.916. The number of fused-ring (bicyclic) bond motifs is 9. The summed E-state index contributed by atoms with van der Waals surface area (Å²) in [5, 5.41) is 5.98. The van der Waals surface area contributed by atoms with Crippen LogP contribution in [-0.4, -0.2) is 29.9 Å². The third kappa shape index (κ3) is 6.63. The first kappa shape index (κ1) is 38.6. The van der Waals surface area contributed by atoms with E-state index in [0.29, 0.717) is 34.9 Å². The van der Waals surface area contributed by atoms with Crippen LogP contribution in [0.5, 0.6) is 0 Å². The fourth-order valence-corrected chi connectivity index (χ4v) is 9.45. The lowest BCUT2D eigenvalue weighted by atomic mass is 9.99. The predicted molar refractivity (Wildman–Crippen MR) is 273 cm³/mol. The SMILES string of the molecule is c1ccc(-c2nc(-c3ccccc3)nc(-c3cccc(-c4ccc5oc6cccc(-c7nc(-c8ccc9c(c8)oc8ccccc89)nc(-c8ccc9c(c8)oc8ccccc89)n7)c6c5c4)c3)n2)cc1. The molecule has 14 aromatic rings. The highest BCUT2D eigenvalue weighted by Crippen LogP contribution is 2.40. The van der Waals surface area contributed by atoms with Gasteiger partial charge in [-0.05, 0) is 71.8 Å². The lowest BCUT2D eigenvalue weighted by molar-refractivity contribution is 0.668. The lowest BCUT2D eigenvalue weighted by Gasteiger charge is -2.10. The van der Waals surface area contributed by atoms with Gasteiger partial charge in [-0.1, -0.05) is 146 Å². The van der Waals surface area contributed by atoms with Gasteiger partial charge in [-0.15, -0.1) is 0 Å². The van der Waals surface area contributed by atoms with Gasteiger partial charge in [-0.25, -0.2) is 29.9 Å². The molecule has 0 N–H and O–H groups in total. The van der Waals surface area contributed by atoms with Gasteiger partial charge in [0.15, 0.2) is 34.9 Å². The first-order valence-electron chi connectivity index (χ1n) is 22.7.